The van der Waals surface area contributed by atoms with Gasteiger partial charge in [0.15, 0.2) is 9.84 Å². The summed E-state index contributed by atoms with van der Waals surface area (Å²) in [6.45, 7) is 6.28. The average molecular weight is 277 g/mol. The maximum absolute atomic E-state index is 11.5. The number of nitrogens with zero attached hydrogens (tertiary/aromatic N) is 1. The van der Waals surface area contributed by atoms with Crippen molar-refractivity contribution in [3.05, 3.63) is 41.2 Å². The van der Waals surface area contributed by atoms with Crippen LogP contribution in [0.15, 0.2) is 29.2 Å². The van der Waals surface area contributed by atoms with Crippen molar-refractivity contribution >= 4 is 9.84 Å². The van der Waals surface area contributed by atoms with Crippen molar-refractivity contribution in [1.29, 1.82) is 0 Å². The Kier molecular flexibility index (Phi) is 3.31. The summed E-state index contributed by atoms with van der Waals surface area (Å²) < 4.78 is 25.1. The van der Waals surface area contributed by atoms with E-state index >= 15 is 0 Å². The Balaban J connectivity index is 2.59. The molecule has 0 aliphatic heterocycles. The fraction of sp³-hybridized carbons (Fsp3) is 0.333. The first-order chi connectivity index (χ1) is 8.73. The van der Waals surface area contributed by atoms with E-state index in [1.165, 1.54) is 28.8 Å². The molecule has 0 saturated carbocycles. The molecule has 2 aromatic rings. The van der Waals surface area contributed by atoms with Crippen molar-refractivity contribution in [3.63, 3.8) is 0 Å². The predicted octanol–water partition coefficient (Wildman–Crippen LogP) is 3.02. The number of aromatic nitrogens is 1. The largest absolute Gasteiger partial charge is 0.351 e. The highest BCUT2D eigenvalue weighted by Gasteiger charge is 2.14. The highest BCUT2D eigenvalue weighted by molar-refractivity contribution is 7.90. The van der Waals surface area contributed by atoms with E-state index in [-0.39, 0.29) is 0 Å². The summed E-state index contributed by atoms with van der Waals surface area (Å²) in [6, 6.07) is 7.11. The van der Waals surface area contributed by atoms with Crippen LogP contribution in [0.25, 0.3) is 11.1 Å². The summed E-state index contributed by atoms with van der Waals surface area (Å²) in [5.74, 6) is 0. The molecule has 0 aliphatic rings. The lowest BCUT2D eigenvalue weighted by Crippen LogP contribution is -1.96. The molecule has 0 saturated heterocycles. The van der Waals surface area contributed by atoms with E-state index in [4.69, 9.17) is 0 Å². The topological polar surface area (TPSA) is 39.1 Å². The van der Waals surface area contributed by atoms with Gasteiger partial charge in [-0.3, -0.25) is 0 Å². The number of rotatable bonds is 2. The third-order valence-corrected chi connectivity index (χ3v) is 4.99. The molecule has 0 atom stereocenters. The Morgan fingerprint density at radius 2 is 1.47 bits per heavy atom. The number of benzene rings is 1. The lowest BCUT2D eigenvalue weighted by molar-refractivity contribution is 0.602. The van der Waals surface area contributed by atoms with E-state index in [9.17, 15) is 8.42 Å². The fourth-order valence-electron chi connectivity index (χ4n) is 2.42. The summed E-state index contributed by atoms with van der Waals surface area (Å²) in [5, 5.41) is 0. The number of hydrogen-bond acceptors (Lipinski definition) is 2. The van der Waals surface area contributed by atoms with Gasteiger partial charge in [-0.25, -0.2) is 8.42 Å². The molecule has 0 spiro atoms. The van der Waals surface area contributed by atoms with Gasteiger partial charge in [0.25, 0.3) is 0 Å². The summed E-state index contributed by atoms with van der Waals surface area (Å²) >= 11 is 0. The SMILES string of the molecule is Cc1c(-c2ccc(S(C)(=O)=O)cc2)c(C)n(C)c1C. The average Bonchev–Trinajstić information content (AvgIpc) is 2.53. The second-order valence-electron chi connectivity index (χ2n) is 5.03. The molecule has 1 aromatic heterocycles. The van der Waals surface area contributed by atoms with Crippen molar-refractivity contribution in [3.8, 4) is 11.1 Å². The van der Waals surface area contributed by atoms with Crippen LogP contribution in [-0.2, 0) is 16.9 Å². The van der Waals surface area contributed by atoms with Gasteiger partial charge in [-0.15, -0.1) is 0 Å². The van der Waals surface area contributed by atoms with Crippen LogP contribution in [0.4, 0.5) is 0 Å². The zero-order valence-corrected chi connectivity index (χ0v) is 12.8. The zero-order valence-electron chi connectivity index (χ0n) is 12.0. The molecular formula is C15H19NO2S. The Morgan fingerprint density at radius 1 is 0.947 bits per heavy atom. The van der Waals surface area contributed by atoms with Gasteiger partial charge >= 0.3 is 0 Å². The van der Waals surface area contributed by atoms with Crippen LogP contribution in [0.1, 0.15) is 17.0 Å². The van der Waals surface area contributed by atoms with Crippen LogP contribution in [0.2, 0.25) is 0 Å². The molecule has 19 heavy (non-hydrogen) atoms. The molecular weight excluding hydrogens is 258 g/mol. The van der Waals surface area contributed by atoms with Crippen molar-refractivity contribution in [2.75, 3.05) is 6.26 Å². The molecule has 1 heterocycles. The van der Waals surface area contributed by atoms with Crippen molar-refractivity contribution < 1.29 is 8.42 Å². The summed E-state index contributed by atoms with van der Waals surface area (Å²) in [7, 11) is -1.08. The highest BCUT2D eigenvalue weighted by Crippen LogP contribution is 2.31. The van der Waals surface area contributed by atoms with E-state index in [2.05, 4.69) is 25.3 Å². The van der Waals surface area contributed by atoms with E-state index in [1.807, 2.05) is 19.2 Å². The zero-order chi connectivity index (χ0) is 14.4. The van der Waals surface area contributed by atoms with Crippen molar-refractivity contribution in [1.82, 2.24) is 4.57 Å². The van der Waals surface area contributed by atoms with Gasteiger partial charge in [-0.2, -0.15) is 0 Å². The Bertz CT molecular complexity index is 697. The molecule has 0 radical (unpaired) electrons. The van der Waals surface area contributed by atoms with Crippen LogP contribution in [0, 0.1) is 20.8 Å². The summed E-state index contributed by atoms with van der Waals surface area (Å²) in [6.07, 6.45) is 1.23. The second-order valence-corrected chi connectivity index (χ2v) is 7.04. The maximum Gasteiger partial charge on any atom is 0.175 e. The van der Waals surface area contributed by atoms with Gasteiger partial charge in [0.1, 0.15) is 0 Å². The van der Waals surface area contributed by atoms with Crippen LogP contribution in [-0.4, -0.2) is 19.2 Å². The standard InChI is InChI=1S/C15H19NO2S/c1-10-11(2)16(4)12(3)15(10)13-6-8-14(9-7-13)19(5,17)18/h6-9H,1-5H3. The lowest BCUT2D eigenvalue weighted by atomic mass is 10.0. The third-order valence-electron chi connectivity index (χ3n) is 3.86. The van der Waals surface area contributed by atoms with Crippen LogP contribution >= 0.6 is 0 Å². The molecule has 102 valence electrons. The monoisotopic (exact) mass is 277 g/mol. The number of hydrogen-bond donors (Lipinski definition) is 0. The van der Waals surface area contributed by atoms with Crippen molar-refractivity contribution in [2.24, 2.45) is 7.05 Å². The smallest absolute Gasteiger partial charge is 0.175 e. The highest BCUT2D eigenvalue weighted by atomic mass is 32.2. The number of sulfone groups is 1. The first kappa shape index (κ1) is 13.9. The van der Waals surface area contributed by atoms with E-state index in [0.29, 0.717) is 4.90 Å². The van der Waals surface area contributed by atoms with Crippen LogP contribution < -0.4 is 0 Å². The molecule has 3 nitrogen and oxygen atoms in total. The molecule has 0 unspecified atom stereocenters. The second kappa shape index (κ2) is 4.53. The first-order valence-corrected chi connectivity index (χ1v) is 8.05. The van der Waals surface area contributed by atoms with Gasteiger partial charge in [-0.05, 0) is 44.0 Å². The predicted molar refractivity (Wildman–Crippen MR) is 78.2 cm³/mol. The quantitative estimate of drug-likeness (QED) is 0.846. The third kappa shape index (κ3) is 2.32. The molecule has 4 heteroatoms. The Hall–Kier alpha value is -1.55. The molecule has 1 aromatic carbocycles. The van der Waals surface area contributed by atoms with Gasteiger partial charge < -0.3 is 4.57 Å². The van der Waals surface area contributed by atoms with Gasteiger partial charge in [0.2, 0.25) is 0 Å². The molecule has 0 fully saturated rings. The Morgan fingerprint density at radius 3 is 1.84 bits per heavy atom. The minimum absolute atomic E-state index is 0.360. The van der Waals surface area contributed by atoms with E-state index in [0.717, 1.165) is 5.56 Å². The molecule has 0 aliphatic carbocycles. The molecule has 0 amide bonds. The van der Waals surface area contributed by atoms with Crippen LogP contribution in [0.5, 0.6) is 0 Å². The normalized spacial score (nSPS) is 11.8. The van der Waals surface area contributed by atoms with Crippen LogP contribution in [0.3, 0.4) is 0 Å². The van der Waals surface area contributed by atoms with Gasteiger partial charge in [0.05, 0.1) is 4.90 Å². The minimum Gasteiger partial charge on any atom is -0.351 e. The molecule has 0 N–H and O–H groups in total. The van der Waals surface area contributed by atoms with Crippen molar-refractivity contribution in [2.45, 2.75) is 25.7 Å². The van der Waals surface area contributed by atoms with E-state index in [1.54, 1.807) is 12.1 Å². The van der Waals surface area contributed by atoms with E-state index < -0.39 is 9.84 Å². The lowest BCUT2D eigenvalue weighted by Gasteiger charge is -2.05. The molecule has 2 rings (SSSR count). The maximum atomic E-state index is 11.5. The Labute approximate surface area is 114 Å². The fourth-order valence-corrected chi connectivity index (χ4v) is 3.05. The molecule has 0 bridgehead atoms. The summed E-state index contributed by atoms with van der Waals surface area (Å²) in [4.78, 5) is 0.360. The first-order valence-electron chi connectivity index (χ1n) is 6.16. The minimum atomic E-state index is -3.13. The summed E-state index contributed by atoms with van der Waals surface area (Å²) in [5.41, 5.74) is 5.93. The van der Waals surface area contributed by atoms with Gasteiger partial charge in [0, 0.05) is 30.3 Å². The van der Waals surface area contributed by atoms with Gasteiger partial charge in [-0.1, -0.05) is 12.1 Å².